The highest BCUT2D eigenvalue weighted by Crippen LogP contribution is 2.28. The summed E-state index contributed by atoms with van der Waals surface area (Å²) in [5.74, 6) is -0.977. The summed E-state index contributed by atoms with van der Waals surface area (Å²) in [5, 5.41) is 0. The SMILES string of the molecule is CCC(CC(CC)c1ccccc1)C(=O)OCCOC(=O)CC(C)=O. The molecule has 0 fully saturated rings. The number of hydrogen-bond donors (Lipinski definition) is 0. The molecule has 0 amide bonds. The van der Waals surface area contributed by atoms with Crippen molar-refractivity contribution in [1.82, 2.24) is 0 Å². The van der Waals surface area contributed by atoms with Crippen molar-refractivity contribution in [3.63, 3.8) is 0 Å². The van der Waals surface area contributed by atoms with E-state index in [0.29, 0.717) is 12.3 Å². The Labute approximate surface area is 149 Å². The van der Waals surface area contributed by atoms with Crippen LogP contribution in [0.1, 0.15) is 57.9 Å². The van der Waals surface area contributed by atoms with Gasteiger partial charge in [0.2, 0.25) is 0 Å². The van der Waals surface area contributed by atoms with Gasteiger partial charge in [0.1, 0.15) is 25.4 Å². The molecule has 0 heterocycles. The van der Waals surface area contributed by atoms with Crippen LogP contribution in [0.4, 0.5) is 0 Å². The highest BCUT2D eigenvalue weighted by Gasteiger charge is 2.23. The maximum absolute atomic E-state index is 12.3. The fourth-order valence-electron chi connectivity index (χ4n) is 2.71. The van der Waals surface area contributed by atoms with Gasteiger partial charge < -0.3 is 9.47 Å². The van der Waals surface area contributed by atoms with Crippen LogP contribution in [0.3, 0.4) is 0 Å². The number of Topliss-reactive ketones (excluding diaryl/α,β-unsaturated/α-hetero) is 1. The van der Waals surface area contributed by atoms with Crippen LogP contribution < -0.4 is 0 Å². The number of benzene rings is 1. The van der Waals surface area contributed by atoms with Gasteiger partial charge in [-0.3, -0.25) is 14.4 Å². The molecular formula is C20H28O5. The second kappa shape index (κ2) is 11.4. The molecule has 0 saturated carbocycles. The maximum Gasteiger partial charge on any atom is 0.313 e. The first-order valence-corrected chi connectivity index (χ1v) is 8.84. The normalized spacial score (nSPS) is 12.9. The number of esters is 2. The molecule has 0 N–H and O–H groups in total. The highest BCUT2D eigenvalue weighted by molar-refractivity contribution is 5.94. The van der Waals surface area contributed by atoms with Crippen LogP contribution in [-0.4, -0.2) is 30.9 Å². The molecule has 138 valence electrons. The lowest BCUT2D eigenvalue weighted by Gasteiger charge is -2.21. The van der Waals surface area contributed by atoms with E-state index in [9.17, 15) is 14.4 Å². The molecule has 0 aliphatic heterocycles. The van der Waals surface area contributed by atoms with Gasteiger partial charge in [-0.1, -0.05) is 44.2 Å². The molecule has 5 nitrogen and oxygen atoms in total. The average molecular weight is 348 g/mol. The van der Waals surface area contributed by atoms with Crippen molar-refractivity contribution in [2.45, 2.75) is 52.4 Å². The van der Waals surface area contributed by atoms with Crippen LogP contribution in [0.15, 0.2) is 30.3 Å². The molecule has 0 aliphatic rings. The van der Waals surface area contributed by atoms with Crippen molar-refractivity contribution >= 4 is 17.7 Å². The quantitative estimate of drug-likeness (QED) is 0.347. The summed E-state index contributed by atoms with van der Waals surface area (Å²) in [6.07, 6.45) is 2.14. The van der Waals surface area contributed by atoms with Gasteiger partial charge in [0.25, 0.3) is 0 Å². The molecule has 2 atom stereocenters. The van der Waals surface area contributed by atoms with Crippen LogP contribution in [0.5, 0.6) is 0 Å². The number of carbonyl (C=O) groups is 3. The van der Waals surface area contributed by atoms with Crippen molar-refractivity contribution in [3.05, 3.63) is 35.9 Å². The van der Waals surface area contributed by atoms with Crippen molar-refractivity contribution in [1.29, 1.82) is 0 Å². The molecule has 0 bridgehead atoms. The van der Waals surface area contributed by atoms with E-state index in [4.69, 9.17) is 9.47 Å². The van der Waals surface area contributed by atoms with E-state index in [2.05, 4.69) is 19.1 Å². The average Bonchev–Trinajstić information content (AvgIpc) is 2.59. The number of rotatable bonds is 11. The summed E-state index contributed by atoms with van der Waals surface area (Å²) >= 11 is 0. The van der Waals surface area contributed by atoms with Gasteiger partial charge in [0.15, 0.2) is 0 Å². The van der Waals surface area contributed by atoms with Crippen LogP contribution in [0, 0.1) is 5.92 Å². The molecule has 2 unspecified atom stereocenters. The van der Waals surface area contributed by atoms with Crippen molar-refractivity contribution in [2.75, 3.05) is 13.2 Å². The van der Waals surface area contributed by atoms with Gasteiger partial charge >= 0.3 is 11.9 Å². The zero-order valence-electron chi connectivity index (χ0n) is 15.3. The van der Waals surface area contributed by atoms with Crippen molar-refractivity contribution in [3.8, 4) is 0 Å². The van der Waals surface area contributed by atoms with Gasteiger partial charge in [-0.05, 0) is 37.7 Å². The lowest BCUT2D eigenvalue weighted by molar-refractivity contribution is -0.156. The number of ether oxygens (including phenoxy) is 2. The first-order chi connectivity index (χ1) is 12.0. The lowest BCUT2D eigenvalue weighted by atomic mass is 9.86. The van der Waals surface area contributed by atoms with E-state index in [-0.39, 0.29) is 37.3 Å². The number of ketones is 1. The minimum atomic E-state index is -0.592. The van der Waals surface area contributed by atoms with Crippen LogP contribution in [0.25, 0.3) is 0 Å². The molecule has 1 aromatic carbocycles. The minimum Gasteiger partial charge on any atom is -0.462 e. The first-order valence-electron chi connectivity index (χ1n) is 8.84. The molecule has 0 aliphatic carbocycles. The van der Waals surface area contributed by atoms with Crippen molar-refractivity contribution in [2.24, 2.45) is 5.92 Å². The fraction of sp³-hybridized carbons (Fsp3) is 0.550. The summed E-state index contributed by atoms with van der Waals surface area (Å²) in [7, 11) is 0. The molecule has 1 aromatic rings. The van der Waals surface area contributed by atoms with E-state index in [0.717, 1.165) is 12.8 Å². The predicted molar refractivity (Wildman–Crippen MR) is 95.1 cm³/mol. The summed E-state index contributed by atoms with van der Waals surface area (Å²) in [6.45, 7) is 5.40. The largest absolute Gasteiger partial charge is 0.462 e. The highest BCUT2D eigenvalue weighted by atomic mass is 16.6. The zero-order valence-corrected chi connectivity index (χ0v) is 15.3. The standard InChI is InChI=1S/C20H28O5/c1-4-16(18-9-7-6-8-10-18)14-17(5-2)20(23)25-12-11-24-19(22)13-15(3)21/h6-10,16-17H,4-5,11-14H2,1-3H3. The van der Waals surface area contributed by atoms with E-state index in [1.807, 2.05) is 25.1 Å². The third-order valence-electron chi connectivity index (χ3n) is 4.14. The molecule has 0 radical (unpaired) electrons. The van der Waals surface area contributed by atoms with Gasteiger partial charge in [-0.2, -0.15) is 0 Å². The Balaban J connectivity index is 2.43. The molecular weight excluding hydrogens is 320 g/mol. The van der Waals surface area contributed by atoms with E-state index >= 15 is 0 Å². The zero-order chi connectivity index (χ0) is 18.7. The van der Waals surface area contributed by atoms with E-state index in [1.54, 1.807) is 0 Å². The molecule has 0 spiro atoms. The van der Waals surface area contributed by atoms with Crippen LogP contribution in [0.2, 0.25) is 0 Å². The Hall–Kier alpha value is -2.17. The second-order valence-corrected chi connectivity index (χ2v) is 6.12. The predicted octanol–water partition coefficient (Wildman–Crippen LogP) is 3.66. The van der Waals surface area contributed by atoms with Gasteiger partial charge in [0.05, 0.1) is 5.92 Å². The number of carbonyl (C=O) groups excluding carboxylic acids is 3. The Morgan fingerprint density at radius 3 is 2.16 bits per heavy atom. The van der Waals surface area contributed by atoms with Gasteiger partial charge in [-0.15, -0.1) is 0 Å². The summed E-state index contributed by atoms with van der Waals surface area (Å²) in [4.78, 5) is 34.3. The summed E-state index contributed by atoms with van der Waals surface area (Å²) in [6, 6.07) is 10.2. The molecule has 0 saturated heterocycles. The third kappa shape index (κ3) is 7.96. The Bertz CT molecular complexity index is 552. The molecule has 25 heavy (non-hydrogen) atoms. The van der Waals surface area contributed by atoms with Crippen LogP contribution in [-0.2, 0) is 23.9 Å². The van der Waals surface area contributed by atoms with Crippen molar-refractivity contribution < 1.29 is 23.9 Å². The molecule has 1 rings (SSSR count). The number of hydrogen-bond acceptors (Lipinski definition) is 5. The summed E-state index contributed by atoms with van der Waals surface area (Å²) in [5.41, 5.74) is 1.23. The topological polar surface area (TPSA) is 69.7 Å². The van der Waals surface area contributed by atoms with Crippen LogP contribution >= 0.6 is 0 Å². The second-order valence-electron chi connectivity index (χ2n) is 6.12. The molecule has 5 heteroatoms. The third-order valence-corrected chi connectivity index (χ3v) is 4.14. The first kappa shape index (κ1) is 20.9. The lowest BCUT2D eigenvalue weighted by Crippen LogP contribution is -2.22. The monoisotopic (exact) mass is 348 g/mol. The minimum absolute atomic E-state index is 0.0150. The van der Waals surface area contributed by atoms with E-state index in [1.165, 1.54) is 12.5 Å². The Morgan fingerprint density at radius 2 is 1.60 bits per heavy atom. The smallest absolute Gasteiger partial charge is 0.313 e. The fourth-order valence-corrected chi connectivity index (χ4v) is 2.71. The molecule has 0 aromatic heterocycles. The summed E-state index contributed by atoms with van der Waals surface area (Å²) < 4.78 is 10.1. The Morgan fingerprint density at radius 1 is 0.960 bits per heavy atom. The maximum atomic E-state index is 12.3. The van der Waals surface area contributed by atoms with Gasteiger partial charge in [0, 0.05) is 0 Å². The van der Waals surface area contributed by atoms with E-state index < -0.39 is 5.97 Å². The Kier molecular flexibility index (Phi) is 9.51. The van der Waals surface area contributed by atoms with Gasteiger partial charge in [-0.25, -0.2) is 0 Å².